The van der Waals surface area contributed by atoms with Crippen LogP contribution in [0.3, 0.4) is 0 Å². The minimum Gasteiger partial charge on any atom is -0.143 e. The second kappa shape index (κ2) is 9.26. The molecule has 162 valence electrons. The summed E-state index contributed by atoms with van der Waals surface area (Å²) in [6.07, 6.45) is 0. The molecule has 0 bridgehead atoms. The van der Waals surface area contributed by atoms with Crippen LogP contribution >= 0.6 is 22.7 Å². The van der Waals surface area contributed by atoms with E-state index in [-0.39, 0.29) is 0 Å². The molecule has 0 aliphatic heterocycles. The third-order valence-corrected chi connectivity index (χ3v) is 8.15. The Morgan fingerprint density at radius 1 is 0.382 bits per heavy atom. The first-order valence-corrected chi connectivity index (χ1v) is 13.1. The molecule has 0 saturated heterocycles. The second-order valence-electron chi connectivity index (χ2n) is 8.22. The summed E-state index contributed by atoms with van der Waals surface area (Å²) in [5, 5.41) is 4.47. The van der Waals surface area contributed by atoms with Crippen molar-refractivity contribution in [2.75, 3.05) is 0 Å². The summed E-state index contributed by atoms with van der Waals surface area (Å²) >= 11 is 3.64. The van der Waals surface area contributed by atoms with Gasteiger partial charge in [0.25, 0.3) is 0 Å². The Bertz CT molecular complexity index is 1490. The van der Waals surface area contributed by atoms with Crippen molar-refractivity contribution in [2.45, 2.75) is 0 Å². The third kappa shape index (κ3) is 4.03. The highest BCUT2D eigenvalue weighted by atomic mass is 32.1. The number of benzene rings is 4. The molecule has 0 spiro atoms. The van der Waals surface area contributed by atoms with Crippen molar-refractivity contribution in [3.05, 3.63) is 132 Å². The van der Waals surface area contributed by atoms with E-state index >= 15 is 0 Å². The summed E-state index contributed by atoms with van der Waals surface area (Å²) < 4.78 is 0. The Morgan fingerprint density at radius 2 is 0.882 bits per heavy atom. The molecule has 0 nitrogen and oxygen atoms in total. The standard InChI is InChI=1S/C32H22S2/c1-3-8-23(9-4-1)25-13-17-27(18-14-25)29-22-34-32(30-12-7-21-33-30)31(29)28-19-15-26(16-20-28)24-10-5-2-6-11-24/h1-22H. The molecule has 0 fully saturated rings. The van der Waals surface area contributed by atoms with Gasteiger partial charge in [-0.25, -0.2) is 0 Å². The van der Waals surface area contributed by atoms with E-state index in [1.54, 1.807) is 11.3 Å². The first kappa shape index (κ1) is 20.9. The van der Waals surface area contributed by atoms with Crippen molar-refractivity contribution in [1.82, 2.24) is 0 Å². The molecule has 4 aromatic carbocycles. The van der Waals surface area contributed by atoms with E-state index in [4.69, 9.17) is 0 Å². The monoisotopic (exact) mass is 470 g/mol. The summed E-state index contributed by atoms with van der Waals surface area (Å²) in [6, 6.07) is 43.5. The van der Waals surface area contributed by atoms with Crippen LogP contribution in [0.4, 0.5) is 0 Å². The van der Waals surface area contributed by atoms with Gasteiger partial charge in [0.15, 0.2) is 0 Å². The minimum atomic E-state index is 1.24. The number of hydrogen-bond donors (Lipinski definition) is 0. The van der Waals surface area contributed by atoms with E-state index in [1.165, 1.54) is 54.3 Å². The van der Waals surface area contributed by atoms with E-state index < -0.39 is 0 Å². The Morgan fingerprint density at radius 3 is 1.41 bits per heavy atom. The lowest BCUT2D eigenvalue weighted by molar-refractivity contribution is 1.59. The van der Waals surface area contributed by atoms with Crippen LogP contribution in [0, 0.1) is 0 Å². The van der Waals surface area contributed by atoms with Crippen molar-refractivity contribution < 1.29 is 0 Å². The maximum Gasteiger partial charge on any atom is 0.0527 e. The zero-order valence-corrected chi connectivity index (χ0v) is 20.2. The Hall–Kier alpha value is -3.72. The van der Waals surface area contributed by atoms with E-state index in [2.05, 4.69) is 132 Å². The van der Waals surface area contributed by atoms with Crippen molar-refractivity contribution in [1.29, 1.82) is 0 Å². The highest BCUT2D eigenvalue weighted by Crippen LogP contribution is 2.46. The Labute approximate surface area is 208 Å². The average Bonchev–Trinajstić information content (AvgIpc) is 3.60. The molecule has 2 aromatic heterocycles. The van der Waals surface area contributed by atoms with Gasteiger partial charge < -0.3 is 0 Å². The van der Waals surface area contributed by atoms with Gasteiger partial charge in [-0.1, -0.05) is 115 Å². The molecule has 0 aliphatic rings. The number of thiophene rings is 2. The van der Waals surface area contributed by atoms with E-state index in [0.717, 1.165) is 0 Å². The largest absolute Gasteiger partial charge is 0.143 e. The molecule has 2 heteroatoms. The predicted octanol–water partition coefficient (Wildman–Crippen LogP) is 10.1. The highest BCUT2D eigenvalue weighted by Gasteiger charge is 2.17. The van der Waals surface area contributed by atoms with Crippen LogP contribution in [0.5, 0.6) is 0 Å². The maximum absolute atomic E-state index is 2.31. The summed E-state index contributed by atoms with van der Waals surface area (Å²) in [6.45, 7) is 0. The van der Waals surface area contributed by atoms with Gasteiger partial charge in [-0.2, -0.15) is 0 Å². The van der Waals surface area contributed by atoms with Crippen LogP contribution in [0.2, 0.25) is 0 Å². The van der Waals surface area contributed by atoms with Crippen molar-refractivity contribution in [3.8, 4) is 54.3 Å². The predicted molar refractivity (Wildman–Crippen MR) is 149 cm³/mol. The topological polar surface area (TPSA) is 0 Å². The highest BCUT2D eigenvalue weighted by molar-refractivity contribution is 7.21. The van der Waals surface area contributed by atoms with Crippen LogP contribution < -0.4 is 0 Å². The fourth-order valence-electron chi connectivity index (χ4n) is 4.38. The van der Waals surface area contributed by atoms with Crippen molar-refractivity contribution in [3.63, 3.8) is 0 Å². The molecule has 0 atom stereocenters. The van der Waals surface area contributed by atoms with Gasteiger partial charge in [0.1, 0.15) is 0 Å². The second-order valence-corrected chi connectivity index (χ2v) is 10.0. The average molecular weight is 471 g/mol. The molecule has 0 saturated carbocycles. The Kier molecular flexibility index (Phi) is 5.68. The molecular formula is C32H22S2. The molecule has 0 N–H and O–H groups in total. The third-order valence-electron chi connectivity index (χ3n) is 6.12. The lowest BCUT2D eigenvalue weighted by atomic mass is 9.93. The van der Waals surface area contributed by atoms with Crippen molar-refractivity contribution in [2.24, 2.45) is 0 Å². The van der Waals surface area contributed by atoms with Gasteiger partial charge in [-0.15, -0.1) is 22.7 Å². The summed E-state index contributed by atoms with van der Waals surface area (Å²) in [7, 11) is 0. The summed E-state index contributed by atoms with van der Waals surface area (Å²) in [5.74, 6) is 0. The fraction of sp³-hybridized carbons (Fsp3) is 0. The normalized spacial score (nSPS) is 10.9. The quantitative estimate of drug-likeness (QED) is 0.235. The first-order chi connectivity index (χ1) is 16.9. The first-order valence-electron chi connectivity index (χ1n) is 11.3. The van der Waals surface area contributed by atoms with E-state index in [9.17, 15) is 0 Å². The van der Waals surface area contributed by atoms with Gasteiger partial charge in [-0.3, -0.25) is 0 Å². The molecule has 0 radical (unpaired) electrons. The minimum absolute atomic E-state index is 1.24. The molecule has 0 unspecified atom stereocenters. The van der Waals surface area contributed by atoms with Gasteiger partial charge >= 0.3 is 0 Å². The molecule has 6 rings (SSSR count). The van der Waals surface area contributed by atoms with Gasteiger partial charge in [0, 0.05) is 16.0 Å². The summed E-state index contributed by atoms with van der Waals surface area (Å²) in [4.78, 5) is 2.66. The maximum atomic E-state index is 2.31. The van der Waals surface area contributed by atoms with Crippen LogP contribution in [-0.2, 0) is 0 Å². The molecule has 34 heavy (non-hydrogen) atoms. The van der Waals surface area contributed by atoms with E-state index in [1.807, 2.05) is 11.3 Å². The lowest BCUT2D eigenvalue weighted by Crippen LogP contribution is -1.85. The van der Waals surface area contributed by atoms with Gasteiger partial charge in [0.2, 0.25) is 0 Å². The summed E-state index contributed by atoms with van der Waals surface area (Å²) in [5.41, 5.74) is 10.1. The van der Waals surface area contributed by atoms with Gasteiger partial charge in [0.05, 0.1) is 4.88 Å². The smallest absolute Gasteiger partial charge is 0.0527 e. The Balaban J connectivity index is 1.43. The molecule has 6 aromatic rings. The number of hydrogen-bond acceptors (Lipinski definition) is 2. The van der Waals surface area contributed by atoms with E-state index in [0.29, 0.717) is 0 Å². The zero-order chi connectivity index (χ0) is 22.7. The molecule has 0 amide bonds. The number of rotatable bonds is 5. The van der Waals surface area contributed by atoms with Crippen LogP contribution in [0.25, 0.3) is 54.3 Å². The molecule has 2 heterocycles. The zero-order valence-electron chi connectivity index (χ0n) is 18.5. The van der Waals surface area contributed by atoms with Gasteiger partial charge in [-0.05, 0) is 50.2 Å². The van der Waals surface area contributed by atoms with Crippen LogP contribution in [0.1, 0.15) is 0 Å². The molecular weight excluding hydrogens is 448 g/mol. The van der Waals surface area contributed by atoms with Crippen molar-refractivity contribution >= 4 is 22.7 Å². The fourth-order valence-corrected chi connectivity index (χ4v) is 6.36. The SMILES string of the molecule is c1ccc(-c2ccc(-c3csc(-c4cccs4)c3-c3ccc(-c4ccccc4)cc3)cc2)cc1. The lowest BCUT2D eigenvalue weighted by Gasteiger charge is -2.10. The van der Waals surface area contributed by atoms with Crippen LogP contribution in [0.15, 0.2) is 132 Å². The molecule has 0 aliphatic carbocycles. The van der Waals surface area contributed by atoms with Crippen LogP contribution in [-0.4, -0.2) is 0 Å².